The third-order valence-electron chi connectivity index (χ3n) is 3.83. The van der Waals surface area contributed by atoms with Crippen molar-refractivity contribution >= 4 is 0 Å². The molecule has 2 aromatic heterocycles. The number of aryl methyl sites for hydroxylation is 2. The van der Waals surface area contributed by atoms with Crippen molar-refractivity contribution in [3.63, 3.8) is 0 Å². The molecule has 136 valence electrons. The van der Waals surface area contributed by atoms with E-state index in [0.29, 0.717) is 11.3 Å². The molecule has 0 bridgehead atoms. The van der Waals surface area contributed by atoms with Gasteiger partial charge in [0.15, 0.2) is 5.82 Å². The predicted octanol–water partition coefficient (Wildman–Crippen LogP) is 3.53. The summed E-state index contributed by atoms with van der Waals surface area (Å²) in [6, 6.07) is 5.91. The van der Waals surface area contributed by atoms with Crippen LogP contribution < -0.4 is 10.5 Å². The summed E-state index contributed by atoms with van der Waals surface area (Å²) in [6.07, 6.45) is -3.74. The molecular weight excluding hydrogens is 351 g/mol. The van der Waals surface area contributed by atoms with Crippen LogP contribution in [-0.2, 0) is 6.18 Å². The van der Waals surface area contributed by atoms with E-state index in [1.54, 1.807) is 25.1 Å². The smallest absolute Gasteiger partial charge is 0.446 e. The van der Waals surface area contributed by atoms with Crippen molar-refractivity contribution in [2.75, 3.05) is 7.11 Å². The van der Waals surface area contributed by atoms with E-state index in [1.807, 2.05) is 6.92 Å². The van der Waals surface area contributed by atoms with Crippen LogP contribution in [0.15, 0.2) is 39.8 Å². The summed E-state index contributed by atoms with van der Waals surface area (Å²) in [5.74, 6) is -1.38. The lowest BCUT2D eigenvalue weighted by molar-refractivity contribution is -0.137. The molecule has 26 heavy (non-hydrogen) atoms. The second-order valence-electron chi connectivity index (χ2n) is 5.67. The third-order valence-corrected chi connectivity index (χ3v) is 3.83. The third kappa shape index (κ3) is 3.07. The van der Waals surface area contributed by atoms with Gasteiger partial charge in [-0.2, -0.15) is 13.2 Å². The van der Waals surface area contributed by atoms with Crippen molar-refractivity contribution < 1.29 is 22.4 Å². The van der Waals surface area contributed by atoms with Gasteiger partial charge in [-0.15, -0.1) is 0 Å². The molecular formula is C17H14F3N3O3. The Kier molecular flexibility index (Phi) is 4.31. The van der Waals surface area contributed by atoms with Gasteiger partial charge in [0.05, 0.1) is 23.9 Å². The maximum absolute atomic E-state index is 13.5. The van der Waals surface area contributed by atoms with Crippen molar-refractivity contribution in [1.82, 2.24) is 14.7 Å². The van der Waals surface area contributed by atoms with Crippen molar-refractivity contribution in [1.29, 1.82) is 0 Å². The standard InChI is InChI=1S/C17H14F3N3O3/c1-9-4-5-13(10(2)6-9)23-15(22-26-16(23)24)11-8-21-14(25-3)7-12(11)17(18,19)20/h4-8H,1-3H3. The van der Waals surface area contributed by atoms with E-state index in [1.165, 1.54) is 7.11 Å². The molecule has 0 spiro atoms. The number of rotatable bonds is 3. The molecule has 0 N–H and O–H groups in total. The number of nitrogens with zero attached hydrogens (tertiary/aromatic N) is 3. The number of pyridine rings is 1. The number of halogens is 3. The normalized spacial score (nSPS) is 11.6. The molecule has 0 unspecified atom stereocenters. The lowest BCUT2D eigenvalue weighted by Crippen LogP contribution is -2.16. The van der Waals surface area contributed by atoms with Crippen molar-refractivity contribution in [2.24, 2.45) is 0 Å². The maximum atomic E-state index is 13.5. The van der Waals surface area contributed by atoms with Crippen LogP contribution >= 0.6 is 0 Å². The SMILES string of the molecule is COc1cc(C(F)(F)F)c(-c2noc(=O)n2-c2ccc(C)cc2C)cn1. The number of ether oxygens (including phenoxy) is 1. The Morgan fingerprint density at radius 1 is 1.19 bits per heavy atom. The average molecular weight is 365 g/mol. The van der Waals surface area contributed by atoms with E-state index in [-0.39, 0.29) is 17.3 Å². The van der Waals surface area contributed by atoms with E-state index in [9.17, 15) is 18.0 Å². The Hall–Kier alpha value is -3.10. The Bertz CT molecular complexity index is 1020. The fourth-order valence-corrected chi connectivity index (χ4v) is 2.65. The fourth-order valence-electron chi connectivity index (χ4n) is 2.65. The second kappa shape index (κ2) is 6.32. The highest BCUT2D eigenvalue weighted by molar-refractivity contribution is 5.63. The summed E-state index contributed by atoms with van der Waals surface area (Å²) in [5.41, 5.74) is 0.590. The Morgan fingerprint density at radius 3 is 2.54 bits per heavy atom. The van der Waals surface area contributed by atoms with Gasteiger partial charge >= 0.3 is 11.9 Å². The molecule has 2 heterocycles. The molecule has 6 nitrogen and oxygen atoms in total. The minimum atomic E-state index is -4.70. The Morgan fingerprint density at radius 2 is 1.92 bits per heavy atom. The maximum Gasteiger partial charge on any atom is 0.446 e. The monoisotopic (exact) mass is 365 g/mol. The first-order valence-corrected chi connectivity index (χ1v) is 7.50. The number of hydrogen-bond donors (Lipinski definition) is 0. The van der Waals surface area contributed by atoms with Gasteiger partial charge in [-0.3, -0.25) is 4.52 Å². The molecule has 0 fully saturated rings. The summed E-state index contributed by atoms with van der Waals surface area (Å²) in [4.78, 5) is 16.0. The quantitative estimate of drug-likeness (QED) is 0.710. The van der Waals surface area contributed by atoms with Crippen LogP contribution in [0, 0.1) is 13.8 Å². The summed E-state index contributed by atoms with van der Waals surface area (Å²) in [7, 11) is 1.21. The van der Waals surface area contributed by atoms with Gasteiger partial charge in [0, 0.05) is 12.3 Å². The molecule has 0 aliphatic rings. The Balaban J connectivity index is 2.29. The first kappa shape index (κ1) is 17.7. The molecule has 0 atom stereocenters. The zero-order chi connectivity index (χ0) is 19.1. The van der Waals surface area contributed by atoms with E-state index in [0.717, 1.165) is 22.4 Å². The lowest BCUT2D eigenvalue weighted by atomic mass is 10.1. The zero-order valence-electron chi connectivity index (χ0n) is 14.1. The van der Waals surface area contributed by atoms with Gasteiger partial charge in [-0.1, -0.05) is 22.9 Å². The topological polar surface area (TPSA) is 70.2 Å². The van der Waals surface area contributed by atoms with Crippen molar-refractivity contribution in [3.05, 3.63) is 57.7 Å². The van der Waals surface area contributed by atoms with Gasteiger partial charge in [-0.25, -0.2) is 14.3 Å². The van der Waals surface area contributed by atoms with Crippen molar-refractivity contribution in [3.8, 4) is 23.0 Å². The average Bonchev–Trinajstić information content (AvgIpc) is 2.95. The number of hydrogen-bond acceptors (Lipinski definition) is 5. The zero-order valence-corrected chi connectivity index (χ0v) is 14.1. The summed E-state index contributed by atoms with van der Waals surface area (Å²) < 4.78 is 50.9. The van der Waals surface area contributed by atoms with E-state index < -0.39 is 17.5 Å². The molecule has 3 aromatic rings. The molecule has 0 radical (unpaired) electrons. The second-order valence-corrected chi connectivity index (χ2v) is 5.67. The molecule has 0 saturated carbocycles. The van der Waals surface area contributed by atoms with Gasteiger partial charge in [0.2, 0.25) is 5.88 Å². The Labute approximate surface area is 145 Å². The van der Waals surface area contributed by atoms with E-state index in [4.69, 9.17) is 4.74 Å². The fraction of sp³-hybridized carbons (Fsp3) is 0.235. The highest BCUT2D eigenvalue weighted by atomic mass is 19.4. The van der Waals surface area contributed by atoms with Gasteiger partial charge < -0.3 is 4.74 Å². The number of methoxy groups -OCH3 is 1. The number of alkyl halides is 3. The number of aromatic nitrogens is 3. The summed E-state index contributed by atoms with van der Waals surface area (Å²) in [6.45, 7) is 3.60. The molecule has 1 aromatic carbocycles. The molecule has 3 rings (SSSR count). The van der Waals surface area contributed by atoms with Crippen LogP contribution in [0.1, 0.15) is 16.7 Å². The van der Waals surface area contributed by atoms with Gasteiger partial charge in [-0.05, 0) is 25.5 Å². The molecule has 0 saturated heterocycles. The molecule has 9 heteroatoms. The minimum absolute atomic E-state index is 0.204. The van der Waals surface area contributed by atoms with Crippen LogP contribution in [0.2, 0.25) is 0 Å². The van der Waals surface area contributed by atoms with Crippen LogP contribution in [0.4, 0.5) is 13.2 Å². The van der Waals surface area contributed by atoms with Crippen LogP contribution in [0.3, 0.4) is 0 Å². The largest absolute Gasteiger partial charge is 0.481 e. The first-order valence-electron chi connectivity index (χ1n) is 7.50. The van der Waals surface area contributed by atoms with Crippen LogP contribution in [-0.4, -0.2) is 21.8 Å². The van der Waals surface area contributed by atoms with Gasteiger partial charge in [0.25, 0.3) is 0 Å². The molecule has 0 aliphatic carbocycles. The van der Waals surface area contributed by atoms with E-state index >= 15 is 0 Å². The summed E-state index contributed by atoms with van der Waals surface area (Å²) in [5, 5.41) is 3.55. The highest BCUT2D eigenvalue weighted by Crippen LogP contribution is 2.38. The highest BCUT2D eigenvalue weighted by Gasteiger charge is 2.36. The number of benzene rings is 1. The molecule has 0 amide bonds. The van der Waals surface area contributed by atoms with E-state index in [2.05, 4.69) is 14.7 Å². The minimum Gasteiger partial charge on any atom is -0.481 e. The van der Waals surface area contributed by atoms with Crippen LogP contribution in [0.5, 0.6) is 5.88 Å². The summed E-state index contributed by atoms with van der Waals surface area (Å²) >= 11 is 0. The predicted molar refractivity (Wildman–Crippen MR) is 86.4 cm³/mol. The van der Waals surface area contributed by atoms with Gasteiger partial charge in [0.1, 0.15) is 0 Å². The van der Waals surface area contributed by atoms with Crippen molar-refractivity contribution in [2.45, 2.75) is 20.0 Å². The lowest BCUT2D eigenvalue weighted by Gasteiger charge is -2.14. The van der Waals surface area contributed by atoms with Crippen LogP contribution in [0.25, 0.3) is 17.1 Å². The first-order chi connectivity index (χ1) is 12.2. The molecule has 0 aliphatic heterocycles.